The Kier molecular flexibility index (Phi) is 5.79. The van der Waals surface area contributed by atoms with E-state index in [2.05, 4.69) is 5.32 Å². The van der Waals surface area contributed by atoms with Gasteiger partial charge in [0.15, 0.2) is 0 Å². The van der Waals surface area contributed by atoms with Gasteiger partial charge in [-0.15, -0.1) is 0 Å². The highest BCUT2D eigenvalue weighted by Crippen LogP contribution is 2.24. The van der Waals surface area contributed by atoms with Crippen LogP contribution in [0.25, 0.3) is 0 Å². The number of nitrogens with one attached hydrogen (secondary N) is 1. The first kappa shape index (κ1) is 16.5. The molecular formula is C16H26N2O2S. The molecule has 1 heterocycles. The Balaban J connectivity index is 2.31. The molecule has 0 radical (unpaired) electrons. The molecule has 1 N–H and O–H groups in total. The van der Waals surface area contributed by atoms with Gasteiger partial charge in [0.1, 0.15) is 0 Å². The van der Waals surface area contributed by atoms with Crippen LogP contribution >= 0.6 is 0 Å². The average Bonchev–Trinajstić information content (AvgIpc) is 2.40. The third-order valence-electron chi connectivity index (χ3n) is 4.20. The molecule has 5 heteroatoms. The zero-order valence-corrected chi connectivity index (χ0v) is 13.9. The predicted molar refractivity (Wildman–Crippen MR) is 85.8 cm³/mol. The van der Waals surface area contributed by atoms with Crippen LogP contribution in [0.3, 0.4) is 0 Å². The molecule has 0 atom stereocenters. The van der Waals surface area contributed by atoms with Crippen LogP contribution in [-0.2, 0) is 16.6 Å². The standard InChI is InChI=1S/C16H26N2O2S/c1-14-15(13-17-2)9-8-10-16(14)21(19,20)18-11-6-4-3-5-7-12-18/h8-10,17H,3-7,11-13H2,1-2H3. The number of sulfonamides is 1. The molecule has 0 unspecified atom stereocenters. The Labute approximate surface area is 128 Å². The van der Waals surface area contributed by atoms with Crippen LogP contribution in [0.15, 0.2) is 23.1 Å². The molecule has 118 valence electrons. The summed E-state index contributed by atoms with van der Waals surface area (Å²) in [6.45, 7) is 3.90. The first-order chi connectivity index (χ1) is 10.1. The van der Waals surface area contributed by atoms with E-state index >= 15 is 0 Å². The predicted octanol–water partition coefficient (Wildman–Crippen LogP) is 2.67. The zero-order chi connectivity index (χ0) is 15.3. The highest BCUT2D eigenvalue weighted by molar-refractivity contribution is 7.89. The van der Waals surface area contributed by atoms with Gasteiger partial charge in [-0.1, -0.05) is 31.4 Å². The molecule has 1 aliphatic heterocycles. The third kappa shape index (κ3) is 3.84. The van der Waals surface area contributed by atoms with Crippen molar-refractivity contribution >= 4 is 10.0 Å². The van der Waals surface area contributed by atoms with E-state index in [9.17, 15) is 8.42 Å². The SMILES string of the molecule is CNCc1cccc(S(=O)(=O)N2CCCCCCC2)c1C. The highest BCUT2D eigenvalue weighted by Gasteiger charge is 2.26. The molecule has 1 aliphatic rings. The van der Waals surface area contributed by atoms with Crippen LogP contribution in [0.4, 0.5) is 0 Å². The molecule has 2 rings (SSSR count). The van der Waals surface area contributed by atoms with Gasteiger partial charge in [-0.25, -0.2) is 8.42 Å². The minimum atomic E-state index is -3.37. The van der Waals surface area contributed by atoms with Gasteiger partial charge in [0.2, 0.25) is 10.0 Å². The second kappa shape index (κ2) is 7.38. The average molecular weight is 310 g/mol. The Bertz CT molecular complexity index is 562. The van der Waals surface area contributed by atoms with Crippen LogP contribution in [0.1, 0.15) is 43.2 Å². The maximum atomic E-state index is 12.9. The van der Waals surface area contributed by atoms with Gasteiger partial charge in [0.05, 0.1) is 4.90 Å². The fourth-order valence-electron chi connectivity index (χ4n) is 2.92. The summed E-state index contributed by atoms with van der Waals surface area (Å²) < 4.78 is 27.5. The Morgan fingerprint density at radius 1 is 1.10 bits per heavy atom. The van der Waals surface area contributed by atoms with Crippen LogP contribution in [0.5, 0.6) is 0 Å². The molecule has 0 amide bonds. The summed E-state index contributed by atoms with van der Waals surface area (Å²) in [6, 6.07) is 5.57. The molecule has 21 heavy (non-hydrogen) atoms. The molecule has 0 spiro atoms. The minimum absolute atomic E-state index is 0.468. The van der Waals surface area contributed by atoms with Crippen molar-refractivity contribution in [2.24, 2.45) is 0 Å². The lowest BCUT2D eigenvalue weighted by atomic mass is 10.1. The normalized spacial score (nSPS) is 18.2. The van der Waals surface area contributed by atoms with E-state index in [1.54, 1.807) is 10.4 Å². The molecule has 0 aromatic heterocycles. The number of hydrogen-bond donors (Lipinski definition) is 1. The van der Waals surface area contributed by atoms with E-state index in [0.29, 0.717) is 24.5 Å². The van der Waals surface area contributed by atoms with Gasteiger partial charge in [0.25, 0.3) is 0 Å². The molecule has 0 aliphatic carbocycles. The van der Waals surface area contributed by atoms with Crippen molar-refractivity contribution in [3.63, 3.8) is 0 Å². The van der Waals surface area contributed by atoms with Crippen molar-refractivity contribution in [2.75, 3.05) is 20.1 Å². The molecule has 0 saturated carbocycles. The second-order valence-electron chi connectivity index (χ2n) is 5.74. The van der Waals surface area contributed by atoms with Crippen molar-refractivity contribution in [3.05, 3.63) is 29.3 Å². The smallest absolute Gasteiger partial charge is 0.243 e. The number of nitrogens with zero attached hydrogens (tertiary/aromatic N) is 1. The summed E-state index contributed by atoms with van der Waals surface area (Å²) in [4.78, 5) is 0.468. The number of hydrogen-bond acceptors (Lipinski definition) is 3. The van der Waals surface area contributed by atoms with E-state index in [-0.39, 0.29) is 0 Å². The lowest BCUT2D eigenvalue weighted by Gasteiger charge is -2.25. The first-order valence-electron chi connectivity index (χ1n) is 7.80. The summed E-state index contributed by atoms with van der Waals surface area (Å²) in [5, 5.41) is 3.09. The molecular weight excluding hydrogens is 284 g/mol. The Morgan fingerprint density at radius 3 is 2.33 bits per heavy atom. The molecule has 1 saturated heterocycles. The second-order valence-corrected chi connectivity index (χ2v) is 7.65. The van der Waals surface area contributed by atoms with Crippen molar-refractivity contribution < 1.29 is 8.42 Å². The summed E-state index contributed by atoms with van der Waals surface area (Å²) in [5.74, 6) is 0. The van der Waals surface area contributed by atoms with Gasteiger partial charge >= 0.3 is 0 Å². The lowest BCUT2D eigenvalue weighted by molar-refractivity contribution is 0.364. The van der Waals surface area contributed by atoms with Gasteiger partial charge in [-0.05, 0) is 44.0 Å². The lowest BCUT2D eigenvalue weighted by Crippen LogP contribution is -2.34. The minimum Gasteiger partial charge on any atom is -0.316 e. The van der Waals surface area contributed by atoms with Gasteiger partial charge in [-0.3, -0.25) is 0 Å². The molecule has 0 bridgehead atoms. The largest absolute Gasteiger partial charge is 0.316 e. The zero-order valence-electron chi connectivity index (χ0n) is 13.1. The van der Waals surface area contributed by atoms with Crippen molar-refractivity contribution in [1.29, 1.82) is 0 Å². The van der Waals surface area contributed by atoms with Gasteiger partial charge in [-0.2, -0.15) is 4.31 Å². The van der Waals surface area contributed by atoms with Crippen LogP contribution in [-0.4, -0.2) is 32.9 Å². The summed E-state index contributed by atoms with van der Waals surface area (Å²) >= 11 is 0. The number of benzene rings is 1. The van der Waals surface area contributed by atoms with Crippen LogP contribution in [0, 0.1) is 6.92 Å². The van der Waals surface area contributed by atoms with E-state index in [4.69, 9.17) is 0 Å². The molecule has 4 nitrogen and oxygen atoms in total. The molecule has 1 fully saturated rings. The number of rotatable bonds is 4. The third-order valence-corrected chi connectivity index (χ3v) is 6.24. The summed E-state index contributed by atoms with van der Waals surface area (Å²) in [7, 11) is -1.49. The molecule has 1 aromatic carbocycles. The first-order valence-corrected chi connectivity index (χ1v) is 9.24. The maximum Gasteiger partial charge on any atom is 0.243 e. The summed E-state index contributed by atoms with van der Waals surface area (Å²) in [6.07, 6.45) is 5.42. The quantitative estimate of drug-likeness (QED) is 0.930. The van der Waals surface area contributed by atoms with Crippen molar-refractivity contribution in [3.8, 4) is 0 Å². The van der Waals surface area contributed by atoms with Crippen LogP contribution in [0.2, 0.25) is 0 Å². The maximum absolute atomic E-state index is 12.9. The summed E-state index contributed by atoms with van der Waals surface area (Å²) in [5.41, 5.74) is 1.92. The fourth-order valence-corrected chi connectivity index (χ4v) is 4.70. The Hall–Kier alpha value is -0.910. The van der Waals surface area contributed by atoms with E-state index < -0.39 is 10.0 Å². The van der Waals surface area contributed by atoms with E-state index in [1.165, 1.54) is 6.42 Å². The van der Waals surface area contributed by atoms with Crippen LogP contribution < -0.4 is 5.32 Å². The van der Waals surface area contributed by atoms with E-state index in [0.717, 1.165) is 36.8 Å². The van der Waals surface area contributed by atoms with Crippen molar-refractivity contribution in [1.82, 2.24) is 9.62 Å². The fraction of sp³-hybridized carbons (Fsp3) is 0.625. The van der Waals surface area contributed by atoms with Gasteiger partial charge < -0.3 is 5.32 Å². The monoisotopic (exact) mass is 310 g/mol. The van der Waals surface area contributed by atoms with Gasteiger partial charge in [0, 0.05) is 19.6 Å². The Morgan fingerprint density at radius 2 is 1.71 bits per heavy atom. The highest BCUT2D eigenvalue weighted by atomic mass is 32.2. The van der Waals surface area contributed by atoms with Crippen molar-refractivity contribution in [2.45, 2.75) is 50.5 Å². The van der Waals surface area contributed by atoms with E-state index in [1.807, 2.05) is 26.1 Å². The topological polar surface area (TPSA) is 49.4 Å². The molecule has 1 aromatic rings.